The van der Waals surface area contributed by atoms with Crippen molar-refractivity contribution in [3.63, 3.8) is 0 Å². The second-order valence-corrected chi connectivity index (χ2v) is 7.38. The zero-order valence-electron chi connectivity index (χ0n) is 10.9. The summed E-state index contributed by atoms with van der Waals surface area (Å²) in [5.74, 6) is 0.812. The van der Waals surface area contributed by atoms with Crippen LogP contribution in [0, 0.1) is 0 Å². The van der Waals surface area contributed by atoms with Gasteiger partial charge in [0.05, 0.1) is 6.10 Å². The fraction of sp³-hybridized carbons (Fsp3) is 0.667. The molecule has 2 atom stereocenters. The topological polar surface area (TPSA) is 46.0 Å². The fourth-order valence-corrected chi connectivity index (χ4v) is 2.51. The van der Waals surface area contributed by atoms with Crippen molar-refractivity contribution in [1.82, 2.24) is 9.97 Å². The van der Waals surface area contributed by atoms with E-state index in [4.69, 9.17) is 0 Å². The third-order valence-electron chi connectivity index (χ3n) is 2.33. The van der Waals surface area contributed by atoms with Crippen molar-refractivity contribution >= 4 is 27.7 Å². The molecule has 1 heterocycles. The molecule has 0 fully saturated rings. The molecule has 1 aromatic heterocycles. The number of nitrogens with zero attached hydrogens (tertiary/aromatic N) is 2. The van der Waals surface area contributed by atoms with Crippen LogP contribution in [0.25, 0.3) is 0 Å². The summed E-state index contributed by atoms with van der Waals surface area (Å²) in [6.07, 6.45) is -0.355. The van der Waals surface area contributed by atoms with Gasteiger partial charge >= 0.3 is 0 Å². The monoisotopic (exact) mass is 318 g/mol. The molecule has 1 aromatic rings. The average Bonchev–Trinajstić information content (AvgIpc) is 2.15. The van der Waals surface area contributed by atoms with E-state index in [2.05, 4.69) is 46.7 Å². The summed E-state index contributed by atoms with van der Waals surface area (Å²) in [7, 11) is 0. The van der Waals surface area contributed by atoms with E-state index in [-0.39, 0.29) is 16.8 Å². The Balaban J connectivity index is 2.98. The van der Waals surface area contributed by atoms with Gasteiger partial charge in [-0.2, -0.15) is 0 Å². The molecule has 5 heteroatoms. The normalized spacial score (nSPS) is 15.7. The molecule has 0 aliphatic carbocycles. The Bertz CT molecular complexity index is 391. The maximum atomic E-state index is 9.50. The van der Waals surface area contributed by atoms with Crippen molar-refractivity contribution in [3.8, 4) is 0 Å². The summed E-state index contributed by atoms with van der Waals surface area (Å²) in [5.41, 5.74) is -0.0762. The smallest absolute Gasteiger partial charge is 0.136 e. The van der Waals surface area contributed by atoms with Gasteiger partial charge in [-0.05, 0) is 22.9 Å². The van der Waals surface area contributed by atoms with Crippen molar-refractivity contribution in [2.45, 2.75) is 56.4 Å². The predicted molar refractivity (Wildman–Crippen MR) is 75.4 cm³/mol. The van der Waals surface area contributed by atoms with E-state index in [1.165, 1.54) is 0 Å². The van der Waals surface area contributed by atoms with Crippen molar-refractivity contribution < 1.29 is 5.11 Å². The van der Waals surface area contributed by atoms with Crippen molar-refractivity contribution in [1.29, 1.82) is 0 Å². The molecule has 0 amide bonds. The van der Waals surface area contributed by atoms with Gasteiger partial charge < -0.3 is 5.11 Å². The number of halogens is 1. The summed E-state index contributed by atoms with van der Waals surface area (Å²) in [6.45, 7) is 10.0. The van der Waals surface area contributed by atoms with Crippen LogP contribution in [0.3, 0.4) is 0 Å². The average molecular weight is 319 g/mol. The molecule has 0 aliphatic heterocycles. The largest absolute Gasteiger partial charge is 0.392 e. The van der Waals surface area contributed by atoms with Crippen LogP contribution in [0.5, 0.6) is 0 Å². The van der Waals surface area contributed by atoms with Gasteiger partial charge in [-0.1, -0.05) is 27.7 Å². The molecular weight excluding hydrogens is 300 g/mol. The van der Waals surface area contributed by atoms with Gasteiger partial charge in [0.2, 0.25) is 0 Å². The zero-order chi connectivity index (χ0) is 13.2. The predicted octanol–water partition coefficient (Wildman–Crippen LogP) is 3.40. The van der Waals surface area contributed by atoms with Crippen LogP contribution in [0.1, 0.15) is 40.4 Å². The van der Waals surface area contributed by atoms with Crippen molar-refractivity contribution in [2.24, 2.45) is 0 Å². The standard InChI is InChI=1S/C12H19BrN2OS/c1-7(16)8(2)17-10-6-9(13)14-11(15-10)12(3,4)5/h6-8,16H,1-5H3. The van der Waals surface area contributed by atoms with Gasteiger partial charge in [-0.15, -0.1) is 11.8 Å². The van der Waals surface area contributed by atoms with E-state index >= 15 is 0 Å². The molecule has 2 unspecified atom stereocenters. The minimum atomic E-state index is -0.355. The highest BCUT2D eigenvalue weighted by molar-refractivity contribution is 9.10. The number of aliphatic hydroxyl groups excluding tert-OH is 1. The van der Waals surface area contributed by atoms with Gasteiger partial charge in [0.1, 0.15) is 15.5 Å². The van der Waals surface area contributed by atoms with E-state index < -0.39 is 0 Å². The first-order valence-corrected chi connectivity index (χ1v) is 7.27. The van der Waals surface area contributed by atoms with Gasteiger partial charge in [0.25, 0.3) is 0 Å². The molecule has 0 saturated heterocycles. The molecule has 0 bridgehead atoms. The zero-order valence-corrected chi connectivity index (χ0v) is 13.3. The molecule has 0 aromatic carbocycles. The van der Waals surface area contributed by atoms with E-state index in [0.717, 1.165) is 15.5 Å². The third kappa shape index (κ3) is 4.56. The van der Waals surface area contributed by atoms with Gasteiger partial charge in [0.15, 0.2) is 0 Å². The van der Waals surface area contributed by atoms with Gasteiger partial charge in [-0.25, -0.2) is 9.97 Å². The Morgan fingerprint density at radius 2 is 1.88 bits per heavy atom. The maximum absolute atomic E-state index is 9.50. The molecule has 96 valence electrons. The molecule has 0 saturated carbocycles. The van der Waals surface area contributed by atoms with Crippen LogP contribution < -0.4 is 0 Å². The Labute approximate surface area is 116 Å². The molecule has 0 spiro atoms. The lowest BCUT2D eigenvalue weighted by Crippen LogP contribution is -2.18. The van der Waals surface area contributed by atoms with E-state index in [9.17, 15) is 5.11 Å². The third-order valence-corrected chi connectivity index (χ3v) is 3.95. The first-order valence-electron chi connectivity index (χ1n) is 5.60. The van der Waals surface area contributed by atoms with Gasteiger partial charge in [0, 0.05) is 16.7 Å². The number of rotatable bonds is 3. The second-order valence-electron chi connectivity index (χ2n) is 5.17. The summed E-state index contributed by atoms with van der Waals surface area (Å²) in [6, 6.07) is 1.89. The van der Waals surface area contributed by atoms with Gasteiger partial charge in [-0.3, -0.25) is 0 Å². The number of aliphatic hydroxyl groups is 1. The summed E-state index contributed by atoms with van der Waals surface area (Å²) >= 11 is 4.97. The molecular formula is C12H19BrN2OS. The fourth-order valence-electron chi connectivity index (χ4n) is 1.08. The van der Waals surface area contributed by atoms with Crippen LogP contribution >= 0.6 is 27.7 Å². The van der Waals surface area contributed by atoms with Crippen LogP contribution in [0.4, 0.5) is 0 Å². The highest BCUT2D eigenvalue weighted by Crippen LogP contribution is 2.28. The van der Waals surface area contributed by atoms with Crippen LogP contribution in [0.15, 0.2) is 15.7 Å². The molecule has 17 heavy (non-hydrogen) atoms. The Hall–Kier alpha value is -0.130. The number of aromatic nitrogens is 2. The Kier molecular flexibility index (Phi) is 4.98. The molecule has 0 aliphatic rings. The first kappa shape index (κ1) is 14.9. The lowest BCUT2D eigenvalue weighted by molar-refractivity contribution is 0.196. The van der Waals surface area contributed by atoms with Crippen LogP contribution in [-0.2, 0) is 5.41 Å². The molecule has 3 nitrogen and oxygen atoms in total. The number of thioether (sulfide) groups is 1. The number of hydrogen-bond donors (Lipinski definition) is 1. The molecule has 0 radical (unpaired) electrons. The second kappa shape index (κ2) is 5.67. The maximum Gasteiger partial charge on any atom is 0.136 e. The van der Waals surface area contributed by atoms with E-state index in [0.29, 0.717) is 0 Å². The molecule has 1 rings (SSSR count). The highest BCUT2D eigenvalue weighted by atomic mass is 79.9. The Morgan fingerprint density at radius 3 is 2.35 bits per heavy atom. The Morgan fingerprint density at radius 1 is 1.29 bits per heavy atom. The lowest BCUT2D eigenvalue weighted by Gasteiger charge is -2.19. The molecule has 1 N–H and O–H groups in total. The minimum Gasteiger partial charge on any atom is -0.392 e. The minimum absolute atomic E-state index is 0.0762. The lowest BCUT2D eigenvalue weighted by atomic mass is 9.96. The first-order chi connectivity index (χ1) is 7.70. The quantitative estimate of drug-likeness (QED) is 0.685. The summed E-state index contributed by atoms with van der Waals surface area (Å²) in [5, 5.41) is 10.5. The highest BCUT2D eigenvalue weighted by Gasteiger charge is 2.20. The summed E-state index contributed by atoms with van der Waals surface area (Å²) < 4.78 is 0.790. The van der Waals surface area contributed by atoms with Crippen molar-refractivity contribution in [2.75, 3.05) is 0 Å². The van der Waals surface area contributed by atoms with E-state index in [1.807, 2.05) is 13.0 Å². The van der Waals surface area contributed by atoms with Crippen LogP contribution in [0.2, 0.25) is 0 Å². The number of hydrogen-bond acceptors (Lipinski definition) is 4. The van der Waals surface area contributed by atoms with Crippen molar-refractivity contribution in [3.05, 3.63) is 16.5 Å². The SMILES string of the molecule is CC(O)C(C)Sc1cc(Br)nc(C(C)(C)C)n1. The van der Waals surface area contributed by atoms with E-state index in [1.54, 1.807) is 18.7 Å². The summed E-state index contributed by atoms with van der Waals surface area (Å²) in [4.78, 5) is 8.92. The van der Waals surface area contributed by atoms with Crippen LogP contribution in [-0.4, -0.2) is 26.4 Å².